The Kier molecular flexibility index (Phi) is 5.86. The quantitative estimate of drug-likeness (QED) is 0.642. The molecule has 2 aliphatic heterocycles. The summed E-state index contributed by atoms with van der Waals surface area (Å²) in [4.78, 5) is 33.0. The average molecular weight is 505 g/mol. The van der Waals surface area contributed by atoms with Crippen molar-refractivity contribution in [3.63, 3.8) is 0 Å². The van der Waals surface area contributed by atoms with Crippen molar-refractivity contribution < 1.29 is 19.1 Å². The number of nitrogens with one attached hydrogen (secondary N) is 1. The van der Waals surface area contributed by atoms with E-state index >= 15 is 0 Å². The Morgan fingerprint density at radius 2 is 1.86 bits per heavy atom. The van der Waals surface area contributed by atoms with Gasteiger partial charge in [0, 0.05) is 18.2 Å². The van der Waals surface area contributed by atoms with E-state index in [2.05, 4.69) is 36.3 Å². The number of nitrogens with two attached hydrogens (primary N) is 1. The van der Waals surface area contributed by atoms with Crippen molar-refractivity contribution in [2.75, 3.05) is 13.7 Å². The summed E-state index contributed by atoms with van der Waals surface area (Å²) in [6, 6.07) is 12.9. The second-order valence-electron chi connectivity index (χ2n) is 12.0. The molecule has 0 bridgehead atoms. The minimum absolute atomic E-state index is 0.107. The maximum absolute atomic E-state index is 13.6. The predicted molar refractivity (Wildman–Crippen MR) is 141 cm³/mol. The molecule has 37 heavy (non-hydrogen) atoms. The number of hydrogen-bond donors (Lipinski definition) is 2. The molecule has 0 radical (unpaired) electrons. The molecule has 3 atom stereocenters. The van der Waals surface area contributed by atoms with Crippen LogP contribution in [0.3, 0.4) is 0 Å². The summed E-state index contributed by atoms with van der Waals surface area (Å²) in [5.74, 6) is 0.423. The minimum atomic E-state index is -0.907. The highest BCUT2D eigenvalue weighted by atomic mass is 16.5. The number of rotatable bonds is 5. The number of carbonyl (C=O) groups excluding carboxylic acids is 2. The summed E-state index contributed by atoms with van der Waals surface area (Å²) in [7, 11) is 1.59. The molecule has 0 saturated heterocycles. The molecule has 196 valence electrons. The van der Waals surface area contributed by atoms with E-state index in [4.69, 9.17) is 15.2 Å². The Bertz CT molecular complexity index is 1300. The van der Waals surface area contributed by atoms with Gasteiger partial charge >= 0.3 is 0 Å². The molecule has 3 N–H and O–H groups in total. The van der Waals surface area contributed by atoms with Crippen LogP contribution in [0.1, 0.15) is 80.2 Å². The Morgan fingerprint density at radius 1 is 1.14 bits per heavy atom. The zero-order valence-electron chi connectivity index (χ0n) is 22.4. The van der Waals surface area contributed by atoms with Crippen LogP contribution in [0.2, 0.25) is 0 Å². The van der Waals surface area contributed by atoms with Crippen molar-refractivity contribution in [2.45, 2.75) is 70.7 Å². The summed E-state index contributed by atoms with van der Waals surface area (Å²) in [6.07, 6.45) is 1.12. The molecule has 0 spiro atoms. The highest BCUT2D eigenvalue weighted by Gasteiger charge is 2.52. The molecule has 1 aliphatic carbocycles. The Labute approximate surface area is 218 Å². The second kappa shape index (κ2) is 8.58. The van der Waals surface area contributed by atoms with Gasteiger partial charge in [-0.25, -0.2) is 4.99 Å². The number of aliphatic imine (C=N–C) groups is 1. The third-order valence-electron chi connectivity index (χ3n) is 7.76. The SMILES string of the molecule is COCC1(C)Oc2ccc(C(=O)N[C@@H]3c4ccccc4CC3(C)C)cc2C1N1C(=O)CC(C)(C)N=C1N. The second-order valence-corrected chi connectivity index (χ2v) is 12.0. The molecule has 2 unspecified atom stereocenters. The number of carbonyl (C=O) groups is 2. The van der Waals surface area contributed by atoms with Crippen LogP contribution in [0.25, 0.3) is 0 Å². The Balaban J connectivity index is 1.51. The molecular formula is C29H36N4O4. The highest BCUT2D eigenvalue weighted by molar-refractivity contribution is 6.00. The topological polar surface area (TPSA) is 106 Å². The van der Waals surface area contributed by atoms with Gasteiger partial charge in [0.25, 0.3) is 5.91 Å². The molecule has 0 aromatic heterocycles. The largest absolute Gasteiger partial charge is 0.482 e. The zero-order chi connectivity index (χ0) is 26.8. The molecule has 2 heterocycles. The van der Waals surface area contributed by atoms with Crippen LogP contribution in [-0.2, 0) is 16.0 Å². The van der Waals surface area contributed by atoms with Crippen LogP contribution in [0, 0.1) is 5.41 Å². The number of amides is 2. The lowest BCUT2D eigenvalue weighted by molar-refractivity contribution is -0.135. The van der Waals surface area contributed by atoms with E-state index in [1.54, 1.807) is 19.2 Å². The number of ether oxygens (including phenoxy) is 2. The van der Waals surface area contributed by atoms with E-state index < -0.39 is 17.2 Å². The summed E-state index contributed by atoms with van der Waals surface area (Å²) < 4.78 is 11.8. The Morgan fingerprint density at radius 3 is 2.57 bits per heavy atom. The number of benzene rings is 2. The van der Waals surface area contributed by atoms with Crippen molar-refractivity contribution in [2.24, 2.45) is 16.1 Å². The fourth-order valence-corrected chi connectivity index (χ4v) is 6.18. The first-order chi connectivity index (χ1) is 17.3. The van der Waals surface area contributed by atoms with Gasteiger partial charge in [0.15, 0.2) is 11.6 Å². The van der Waals surface area contributed by atoms with Crippen molar-refractivity contribution in [3.8, 4) is 5.75 Å². The van der Waals surface area contributed by atoms with Gasteiger partial charge in [-0.15, -0.1) is 0 Å². The smallest absolute Gasteiger partial charge is 0.251 e. The molecule has 5 rings (SSSR count). The van der Waals surface area contributed by atoms with E-state index in [1.807, 2.05) is 39.0 Å². The van der Waals surface area contributed by atoms with Gasteiger partial charge in [-0.3, -0.25) is 14.5 Å². The van der Waals surface area contributed by atoms with Crippen LogP contribution in [0.4, 0.5) is 0 Å². The predicted octanol–water partition coefficient (Wildman–Crippen LogP) is 3.90. The highest BCUT2D eigenvalue weighted by Crippen LogP contribution is 2.49. The molecule has 8 heteroatoms. The van der Waals surface area contributed by atoms with Crippen molar-refractivity contribution in [1.82, 2.24) is 10.2 Å². The maximum Gasteiger partial charge on any atom is 0.251 e. The molecule has 8 nitrogen and oxygen atoms in total. The monoisotopic (exact) mass is 504 g/mol. The molecule has 3 aliphatic rings. The molecule has 0 saturated carbocycles. The lowest BCUT2D eigenvalue weighted by Gasteiger charge is -2.41. The Hall–Kier alpha value is -3.39. The van der Waals surface area contributed by atoms with Crippen LogP contribution in [0.5, 0.6) is 5.75 Å². The molecular weight excluding hydrogens is 468 g/mol. The number of nitrogens with zero attached hydrogens (tertiary/aromatic N) is 2. The lowest BCUT2D eigenvalue weighted by Crippen LogP contribution is -2.57. The van der Waals surface area contributed by atoms with Gasteiger partial charge in [-0.1, -0.05) is 38.1 Å². The van der Waals surface area contributed by atoms with Gasteiger partial charge in [0.05, 0.1) is 24.6 Å². The van der Waals surface area contributed by atoms with Crippen LogP contribution >= 0.6 is 0 Å². The number of methoxy groups -OCH3 is 1. The summed E-state index contributed by atoms with van der Waals surface area (Å²) in [5, 5.41) is 3.27. The molecule has 2 aromatic rings. The first-order valence-corrected chi connectivity index (χ1v) is 12.7. The average Bonchev–Trinajstić information content (AvgIpc) is 3.22. The van der Waals surface area contributed by atoms with Gasteiger partial charge < -0.3 is 20.5 Å². The number of fused-ring (bicyclic) bond motifs is 2. The van der Waals surface area contributed by atoms with Gasteiger partial charge in [0.1, 0.15) is 11.8 Å². The number of hydrogen-bond acceptors (Lipinski definition) is 6. The van der Waals surface area contributed by atoms with Crippen LogP contribution in [0.15, 0.2) is 47.5 Å². The van der Waals surface area contributed by atoms with Crippen molar-refractivity contribution in [3.05, 3.63) is 64.7 Å². The maximum atomic E-state index is 13.6. The third kappa shape index (κ3) is 4.27. The molecule has 2 aromatic carbocycles. The summed E-state index contributed by atoms with van der Waals surface area (Å²) >= 11 is 0. The minimum Gasteiger partial charge on any atom is -0.482 e. The standard InChI is InChI=1S/C29H36N4O4/c1-27(2)14-18-9-7-8-10-19(18)23(27)31-25(35)17-11-12-21-20(13-17)24(29(5,37-21)16-36-6)33-22(34)15-28(3,4)32-26(33)30/h7-13,23-24H,14-16H2,1-6H3,(H2,30,32)(H,31,35)/t23-,24?,29?/m1/s1. The lowest BCUT2D eigenvalue weighted by atomic mass is 9.85. The van der Waals surface area contributed by atoms with Gasteiger partial charge in [-0.2, -0.15) is 0 Å². The van der Waals surface area contributed by atoms with E-state index in [0.29, 0.717) is 16.9 Å². The van der Waals surface area contributed by atoms with E-state index in [-0.39, 0.29) is 42.3 Å². The van der Waals surface area contributed by atoms with Crippen molar-refractivity contribution >= 4 is 17.8 Å². The first kappa shape index (κ1) is 25.3. The molecule has 0 fully saturated rings. The first-order valence-electron chi connectivity index (χ1n) is 12.7. The fraction of sp³-hybridized carbons (Fsp3) is 0.483. The van der Waals surface area contributed by atoms with Crippen LogP contribution in [-0.4, -0.2) is 47.5 Å². The molecule has 2 amide bonds. The fourth-order valence-electron chi connectivity index (χ4n) is 6.18. The zero-order valence-corrected chi connectivity index (χ0v) is 22.4. The van der Waals surface area contributed by atoms with Gasteiger partial charge in [-0.05, 0) is 61.9 Å². The van der Waals surface area contributed by atoms with E-state index in [9.17, 15) is 9.59 Å². The van der Waals surface area contributed by atoms with Crippen LogP contribution < -0.4 is 15.8 Å². The normalized spacial score (nSPS) is 27.2. The third-order valence-corrected chi connectivity index (χ3v) is 7.76. The number of guanidine groups is 1. The van der Waals surface area contributed by atoms with Crippen molar-refractivity contribution in [1.29, 1.82) is 0 Å². The van der Waals surface area contributed by atoms with E-state index in [1.165, 1.54) is 10.5 Å². The van der Waals surface area contributed by atoms with Gasteiger partial charge in [0.2, 0.25) is 5.91 Å². The summed E-state index contributed by atoms with van der Waals surface area (Å²) in [6.45, 7) is 10.2. The van der Waals surface area contributed by atoms with E-state index in [0.717, 1.165) is 12.0 Å². The summed E-state index contributed by atoms with van der Waals surface area (Å²) in [5.41, 5.74) is 8.38.